The molecule has 0 aliphatic heterocycles. The lowest BCUT2D eigenvalue weighted by Gasteiger charge is -2.10. The van der Waals surface area contributed by atoms with E-state index in [1.807, 2.05) is 43.3 Å². The SMILES string of the molecule is [2H]C([2H])([2H])c1ccc(C)c(-c2cc(-c3ccccc3)c(C([2H])([2H])[2H])c[n+]2C)c1. The van der Waals surface area contributed by atoms with Crippen LogP contribution in [-0.4, -0.2) is 0 Å². The van der Waals surface area contributed by atoms with Crippen LogP contribution in [0.1, 0.15) is 24.9 Å². The van der Waals surface area contributed by atoms with Crippen LogP contribution in [0.15, 0.2) is 60.8 Å². The second-order valence-corrected chi connectivity index (χ2v) is 5.49. The number of hydrogen-bond acceptors (Lipinski definition) is 0. The van der Waals surface area contributed by atoms with Crippen molar-refractivity contribution in [2.24, 2.45) is 7.05 Å². The van der Waals surface area contributed by atoms with E-state index in [1.165, 1.54) is 0 Å². The van der Waals surface area contributed by atoms with Crippen molar-refractivity contribution in [3.8, 4) is 22.4 Å². The van der Waals surface area contributed by atoms with Crippen molar-refractivity contribution in [3.63, 3.8) is 0 Å². The van der Waals surface area contributed by atoms with Crippen LogP contribution < -0.4 is 4.57 Å². The highest BCUT2D eigenvalue weighted by Crippen LogP contribution is 2.28. The maximum absolute atomic E-state index is 7.94. The Morgan fingerprint density at radius 2 is 1.68 bits per heavy atom. The van der Waals surface area contributed by atoms with E-state index >= 15 is 0 Å². The summed E-state index contributed by atoms with van der Waals surface area (Å²) in [4.78, 5) is 0. The van der Waals surface area contributed by atoms with Crippen molar-refractivity contribution in [3.05, 3.63) is 77.5 Å². The van der Waals surface area contributed by atoms with E-state index in [-0.39, 0.29) is 11.1 Å². The molecule has 1 aromatic heterocycles. The van der Waals surface area contributed by atoms with Crippen LogP contribution in [0, 0.1) is 20.6 Å². The molecule has 0 spiro atoms. The number of aromatic nitrogens is 1. The first kappa shape index (κ1) is 8.89. The number of aryl methyl sites for hydroxylation is 4. The number of rotatable bonds is 2. The summed E-state index contributed by atoms with van der Waals surface area (Å²) in [7, 11) is 1.78. The maximum Gasteiger partial charge on any atom is 0.213 e. The average molecular weight is 294 g/mol. The predicted octanol–water partition coefficient (Wildman–Crippen LogP) is 4.77. The second kappa shape index (κ2) is 5.76. The number of nitrogens with zero attached hydrogens (tertiary/aromatic N) is 1. The molecule has 0 N–H and O–H groups in total. The monoisotopic (exact) mass is 294 g/mol. The highest BCUT2D eigenvalue weighted by Gasteiger charge is 2.16. The van der Waals surface area contributed by atoms with Gasteiger partial charge in [-0.05, 0) is 43.4 Å². The van der Waals surface area contributed by atoms with Crippen molar-refractivity contribution in [2.45, 2.75) is 20.6 Å². The van der Waals surface area contributed by atoms with Crippen molar-refractivity contribution >= 4 is 0 Å². The maximum atomic E-state index is 7.94. The Bertz CT molecular complexity index is 1000. The van der Waals surface area contributed by atoms with E-state index in [1.54, 1.807) is 36.0 Å². The van der Waals surface area contributed by atoms with Gasteiger partial charge < -0.3 is 0 Å². The summed E-state index contributed by atoms with van der Waals surface area (Å²) < 4.78 is 48.7. The molecule has 0 radical (unpaired) electrons. The van der Waals surface area contributed by atoms with E-state index < -0.39 is 13.7 Å². The van der Waals surface area contributed by atoms with Crippen LogP contribution >= 0.6 is 0 Å². The smallest absolute Gasteiger partial charge is 0.201 e. The minimum absolute atomic E-state index is 0.259. The molecular formula is C21H22N+. The molecule has 1 heterocycles. The minimum atomic E-state index is -2.27. The van der Waals surface area contributed by atoms with Gasteiger partial charge in [0.05, 0.1) is 0 Å². The topological polar surface area (TPSA) is 3.88 Å². The molecule has 0 bridgehead atoms. The predicted molar refractivity (Wildman–Crippen MR) is 92.7 cm³/mol. The first-order chi connectivity index (χ1) is 13.0. The van der Waals surface area contributed by atoms with E-state index in [2.05, 4.69) is 0 Å². The number of benzene rings is 2. The van der Waals surface area contributed by atoms with Crippen LogP contribution in [0.25, 0.3) is 22.4 Å². The summed E-state index contributed by atoms with van der Waals surface area (Å²) in [6, 6.07) is 16.3. The summed E-state index contributed by atoms with van der Waals surface area (Å²) in [5.41, 5.74) is 4.39. The number of pyridine rings is 1. The summed E-state index contributed by atoms with van der Waals surface area (Å²) in [5, 5.41) is 0. The molecule has 22 heavy (non-hydrogen) atoms. The second-order valence-electron chi connectivity index (χ2n) is 5.49. The van der Waals surface area contributed by atoms with Crippen molar-refractivity contribution in [2.75, 3.05) is 0 Å². The van der Waals surface area contributed by atoms with Crippen molar-refractivity contribution in [1.82, 2.24) is 0 Å². The molecular weight excluding hydrogens is 266 g/mol. The molecule has 0 saturated heterocycles. The zero-order valence-corrected chi connectivity index (χ0v) is 12.7. The summed E-state index contributed by atoms with van der Waals surface area (Å²) in [6.45, 7) is -2.56. The molecule has 0 atom stereocenters. The van der Waals surface area contributed by atoms with Gasteiger partial charge in [0.15, 0.2) is 6.20 Å². The first-order valence-corrected chi connectivity index (χ1v) is 7.19. The molecule has 0 aliphatic carbocycles. The third-order valence-corrected chi connectivity index (χ3v) is 3.87. The molecule has 1 nitrogen and oxygen atoms in total. The van der Waals surface area contributed by atoms with Gasteiger partial charge in [0.2, 0.25) is 5.69 Å². The van der Waals surface area contributed by atoms with Gasteiger partial charge in [0.25, 0.3) is 0 Å². The highest BCUT2D eigenvalue weighted by atomic mass is 14.9. The van der Waals surface area contributed by atoms with Gasteiger partial charge in [-0.1, -0.05) is 48.0 Å². The van der Waals surface area contributed by atoms with Gasteiger partial charge in [0.1, 0.15) is 7.05 Å². The minimum Gasteiger partial charge on any atom is -0.201 e. The van der Waals surface area contributed by atoms with Crippen LogP contribution in [0.2, 0.25) is 0 Å². The Morgan fingerprint density at radius 3 is 2.41 bits per heavy atom. The number of hydrogen-bond donors (Lipinski definition) is 0. The van der Waals surface area contributed by atoms with Gasteiger partial charge in [-0.25, -0.2) is 4.57 Å². The lowest BCUT2D eigenvalue weighted by Crippen LogP contribution is -2.31. The summed E-state index contributed by atoms with van der Waals surface area (Å²) >= 11 is 0. The third-order valence-electron chi connectivity index (χ3n) is 3.87. The zero-order chi connectivity index (χ0) is 20.7. The molecule has 110 valence electrons. The van der Waals surface area contributed by atoms with Gasteiger partial charge in [-0.3, -0.25) is 0 Å². The van der Waals surface area contributed by atoms with E-state index in [9.17, 15) is 0 Å². The van der Waals surface area contributed by atoms with E-state index in [4.69, 9.17) is 8.22 Å². The Hall–Kier alpha value is -2.41. The molecule has 3 rings (SSSR count). The normalized spacial score (nSPS) is 15.9. The van der Waals surface area contributed by atoms with E-state index in [0.717, 1.165) is 22.4 Å². The fraction of sp³-hybridized carbons (Fsp3) is 0.190. The van der Waals surface area contributed by atoms with E-state index in [0.29, 0.717) is 5.56 Å². The van der Waals surface area contributed by atoms with Crippen molar-refractivity contribution < 1.29 is 12.8 Å². The molecule has 0 aliphatic rings. The van der Waals surface area contributed by atoms with Crippen LogP contribution in [0.4, 0.5) is 0 Å². The molecule has 0 amide bonds. The third kappa shape index (κ3) is 2.67. The van der Waals surface area contributed by atoms with Crippen LogP contribution in [-0.2, 0) is 7.05 Å². The standard InChI is InChI=1S/C21H22N/c1-15-10-11-16(2)20(12-15)21-13-19(17(3)14-22(21)4)18-8-6-5-7-9-18/h5-14H,1-4H3/q+1/i1D3,3D3. The average Bonchev–Trinajstić information content (AvgIpc) is 2.61. The highest BCUT2D eigenvalue weighted by molar-refractivity contribution is 5.72. The molecule has 3 aromatic rings. The van der Waals surface area contributed by atoms with Crippen molar-refractivity contribution in [1.29, 1.82) is 0 Å². The molecule has 2 aromatic carbocycles. The molecule has 0 unspecified atom stereocenters. The zero-order valence-electron chi connectivity index (χ0n) is 18.7. The fourth-order valence-corrected chi connectivity index (χ4v) is 2.67. The Labute approximate surface area is 141 Å². The Kier molecular flexibility index (Phi) is 2.33. The fourth-order valence-electron chi connectivity index (χ4n) is 2.67. The van der Waals surface area contributed by atoms with Gasteiger partial charge in [-0.2, -0.15) is 0 Å². The van der Waals surface area contributed by atoms with Crippen LogP contribution in [0.5, 0.6) is 0 Å². The quantitative estimate of drug-likeness (QED) is 0.599. The Morgan fingerprint density at radius 1 is 0.864 bits per heavy atom. The largest absolute Gasteiger partial charge is 0.213 e. The molecule has 0 saturated carbocycles. The summed E-state index contributed by atoms with van der Waals surface area (Å²) in [6.07, 6.45) is 1.62. The van der Waals surface area contributed by atoms with Gasteiger partial charge >= 0.3 is 0 Å². The summed E-state index contributed by atoms with van der Waals surface area (Å²) in [5.74, 6) is 0. The Balaban J connectivity index is 2.30. The van der Waals surface area contributed by atoms with Gasteiger partial charge in [0, 0.05) is 25.4 Å². The molecule has 1 heteroatoms. The first-order valence-electron chi connectivity index (χ1n) is 10.2. The lowest BCUT2D eigenvalue weighted by molar-refractivity contribution is -0.660. The van der Waals surface area contributed by atoms with Gasteiger partial charge in [-0.15, -0.1) is 0 Å². The van der Waals surface area contributed by atoms with Crippen LogP contribution in [0.3, 0.4) is 0 Å². The lowest BCUT2D eigenvalue weighted by atomic mass is 9.96. The molecule has 0 fully saturated rings.